The number of amides is 1. The fraction of sp³-hybridized carbons (Fsp3) is 0.154. The van der Waals surface area contributed by atoms with Crippen LogP contribution in [0.1, 0.15) is 27.3 Å². The maximum absolute atomic E-state index is 13.4. The number of hydrogen-bond acceptors (Lipinski definition) is 4. The SMILES string of the molecule is Cc1nn(C)c(C)c1-c1cc(C(=O)Nc2cnn(Cc3ccccc3Cl)c2)c2ccccc2n1. The molecule has 2 aromatic carbocycles. The van der Waals surface area contributed by atoms with E-state index in [0.717, 1.165) is 39.1 Å². The molecule has 0 aliphatic rings. The predicted octanol–water partition coefficient (Wildman–Crippen LogP) is 5.40. The van der Waals surface area contributed by atoms with Gasteiger partial charge in [0.2, 0.25) is 0 Å². The molecule has 0 atom stereocenters. The van der Waals surface area contributed by atoms with Crippen molar-refractivity contribution in [3.8, 4) is 11.3 Å². The van der Waals surface area contributed by atoms with E-state index in [0.29, 0.717) is 22.8 Å². The second-order valence-electron chi connectivity index (χ2n) is 8.21. The van der Waals surface area contributed by atoms with Crippen molar-refractivity contribution < 1.29 is 4.79 Å². The molecule has 0 fully saturated rings. The molecule has 0 aliphatic carbocycles. The highest BCUT2D eigenvalue weighted by atomic mass is 35.5. The zero-order valence-electron chi connectivity index (χ0n) is 19.1. The monoisotopic (exact) mass is 470 g/mol. The van der Waals surface area contributed by atoms with Crippen LogP contribution in [0.25, 0.3) is 22.2 Å². The van der Waals surface area contributed by atoms with Crippen molar-refractivity contribution in [2.24, 2.45) is 7.05 Å². The number of halogens is 1. The third kappa shape index (κ3) is 4.06. The number of aromatic nitrogens is 5. The average Bonchev–Trinajstić information content (AvgIpc) is 3.36. The van der Waals surface area contributed by atoms with Crippen LogP contribution in [-0.2, 0) is 13.6 Å². The number of rotatable bonds is 5. The molecule has 7 nitrogen and oxygen atoms in total. The van der Waals surface area contributed by atoms with Gasteiger partial charge in [-0.1, -0.05) is 48.0 Å². The maximum Gasteiger partial charge on any atom is 0.256 e. The molecule has 5 rings (SSSR count). The number of pyridine rings is 1. The Balaban J connectivity index is 1.48. The van der Waals surface area contributed by atoms with Gasteiger partial charge in [-0.2, -0.15) is 10.2 Å². The van der Waals surface area contributed by atoms with Crippen LogP contribution in [0.5, 0.6) is 0 Å². The number of carbonyl (C=O) groups excluding carboxylic acids is 1. The molecule has 0 bridgehead atoms. The van der Waals surface area contributed by atoms with Gasteiger partial charge >= 0.3 is 0 Å². The van der Waals surface area contributed by atoms with E-state index in [9.17, 15) is 4.79 Å². The Morgan fingerprint density at radius 3 is 2.62 bits per heavy atom. The molecule has 0 saturated carbocycles. The summed E-state index contributed by atoms with van der Waals surface area (Å²) in [5, 5.41) is 13.3. The summed E-state index contributed by atoms with van der Waals surface area (Å²) in [6.45, 7) is 4.46. The largest absolute Gasteiger partial charge is 0.319 e. The standard InChI is InChI=1S/C26H23ClN6O/c1-16-25(17(2)32(3)31-16)24-12-21(20-9-5-7-11-23(20)30-24)26(34)29-19-13-28-33(15-19)14-18-8-4-6-10-22(18)27/h4-13,15H,14H2,1-3H3,(H,29,34). The van der Waals surface area contributed by atoms with E-state index in [1.165, 1.54) is 0 Å². The number of hydrogen-bond donors (Lipinski definition) is 1. The van der Waals surface area contributed by atoms with Crippen molar-refractivity contribution in [3.63, 3.8) is 0 Å². The van der Waals surface area contributed by atoms with E-state index >= 15 is 0 Å². The highest BCUT2D eigenvalue weighted by molar-refractivity contribution is 6.31. The van der Waals surface area contributed by atoms with Gasteiger partial charge in [0.15, 0.2) is 0 Å². The first-order valence-corrected chi connectivity index (χ1v) is 11.3. The molecule has 0 saturated heterocycles. The fourth-order valence-corrected chi connectivity index (χ4v) is 4.35. The molecule has 1 N–H and O–H groups in total. The summed E-state index contributed by atoms with van der Waals surface area (Å²) in [5.41, 5.74) is 6.38. The van der Waals surface area contributed by atoms with Gasteiger partial charge in [0.25, 0.3) is 5.91 Å². The fourth-order valence-electron chi connectivity index (χ4n) is 4.15. The number of aryl methyl sites for hydroxylation is 2. The Hall–Kier alpha value is -3.97. The van der Waals surface area contributed by atoms with Crippen LogP contribution in [0, 0.1) is 13.8 Å². The first-order valence-electron chi connectivity index (χ1n) is 10.9. The van der Waals surface area contributed by atoms with Crippen LogP contribution in [0.3, 0.4) is 0 Å². The van der Waals surface area contributed by atoms with Crippen LogP contribution in [-0.4, -0.2) is 30.5 Å². The second-order valence-corrected chi connectivity index (χ2v) is 8.62. The van der Waals surface area contributed by atoms with Gasteiger partial charge in [0.05, 0.1) is 40.9 Å². The van der Waals surface area contributed by atoms with E-state index in [1.54, 1.807) is 17.1 Å². The Labute approximate surface area is 202 Å². The highest BCUT2D eigenvalue weighted by Gasteiger charge is 2.19. The first-order chi connectivity index (χ1) is 16.4. The van der Waals surface area contributed by atoms with Gasteiger partial charge in [0.1, 0.15) is 0 Å². The number of para-hydroxylation sites is 1. The second kappa shape index (κ2) is 8.76. The molecule has 3 aromatic heterocycles. The van der Waals surface area contributed by atoms with Crippen molar-refractivity contribution in [1.29, 1.82) is 0 Å². The minimum absolute atomic E-state index is 0.226. The molecule has 5 aromatic rings. The van der Waals surface area contributed by atoms with Gasteiger partial charge in [-0.25, -0.2) is 4.98 Å². The lowest BCUT2D eigenvalue weighted by molar-refractivity contribution is 0.102. The third-order valence-electron chi connectivity index (χ3n) is 5.91. The van der Waals surface area contributed by atoms with Crippen molar-refractivity contribution in [3.05, 3.63) is 94.5 Å². The lowest BCUT2D eigenvalue weighted by Crippen LogP contribution is -2.13. The van der Waals surface area contributed by atoms with Crippen molar-refractivity contribution >= 4 is 34.1 Å². The molecular formula is C26H23ClN6O. The molecule has 0 radical (unpaired) electrons. The van der Waals surface area contributed by atoms with Gasteiger partial charge < -0.3 is 5.32 Å². The van der Waals surface area contributed by atoms with E-state index in [2.05, 4.69) is 15.5 Å². The quantitative estimate of drug-likeness (QED) is 0.373. The molecule has 1 amide bonds. The number of fused-ring (bicyclic) bond motifs is 1. The maximum atomic E-state index is 13.4. The lowest BCUT2D eigenvalue weighted by atomic mass is 10.0. The summed E-state index contributed by atoms with van der Waals surface area (Å²) in [4.78, 5) is 18.2. The minimum Gasteiger partial charge on any atom is -0.319 e. The van der Waals surface area contributed by atoms with Crippen LogP contribution in [0.2, 0.25) is 5.02 Å². The van der Waals surface area contributed by atoms with Gasteiger partial charge in [-0.05, 0) is 37.6 Å². The van der Waals surface area contributed by atoms with E-state index < -0.39 is 0 Å². The summed E-state index contributed by atoms with van der Waals surface area (Å²) in [6.07, 6.45) is 3.43. The molecule has 3 heterocycles. The summed E-state index contributed by atoms with van der Waals surface area (Å²) in [7, 11) is 1.90. The van der Waals surface area contributed by atoms with E-state index in [-0.39, 0.29) is 5.91 Å². The van der Waals surface area contributed by atoms with Crippen LogP contribution in [0.4, 0.5) is 5.69 Å². The molecule has 8 heteroatoms. The molecule has 0 unspecified atom stereocenters. The minimum atomic E-state index is -0.226. The summed E-state index contributed by atoms with van der Waals surface area (Å²) in [5.74, 6) is -0.226. The summed E-state index contributed by atoms with van der Waals surface area (Å²) >= 11 is 6.27. The first kappa shape index (κ1) is 21.9. The highest BCUT2D eigenvalue weighted by Crippen LogP contribution is 2.29. The zero-order chi connectivity index (χ0) is 23.8. The number of benzene rings is 2. The Morgan fingerprint density at radius 1 is 1.09 bits per heavy atom. The van der Waals surface area contributed by atoms with Crippen LogP contribution < -0.4 is 5.32 Å². The van der Waals surface area contributed by atoms with Gasteiger partial charge in [-0.3, -0.25) is 14.2 Å². The molecule has 34 heavy (non-hydrogen) atoms. The Morgan fingerprint density at radius 2 is 1.85 bits per heavy atom. The van der Waals surface area contributed by atoms with Crippen molar-refractivity contribution in [1.82, 2.24) is 24.5 Å². The number of anilines is 1. The third-order valence-corrected chi connectivity index (χ3v) is 6.28. The smallest absolute Gasteiger partial charge is 0.256 e. The predicted molar refractivity (Wildman–Crippen MR) is 134 cm³/mol. The Kier molecular flexibility index (Phi) is 5.63. The van der Waals surface area contributed by atoms with Crippen LogP contribution >= 0.6 is 11.6 Å². The number of carbonyl (C=O) groups is 1. The van der Waals surface area contributed by atoms with Gasteiger partial charge in [-0.15, -0.1) is 0 Å². The topological polar surface area (TPSA) is 77.6 Å². The summed E-state index contributed by atoms with van der Waals surface area (Å²) < 4.78 is 3.57. The molecule has 0 aliphatic heterocycles. The van der Waals surface area contributed by atoms with Crippen molar-refractivity contribution in [2.45, 2.75) is 20.4 Å². The summed E-state index contributed by atoms with van der Waals surface area (Å²) in [6, 6.07) is 17.1. The molecule has 170 valence electrons. The van der Waals surface area contributed by atoms with E-state index in [1.807, 2.05) is 80.2 Å². The molecule has 0 spiro atoms. The average molecular weight is 471 g/mol. The van der Waals surface area contributed by atoms with Crippen LogP contribution in [0.15, 0.2) is 67.0 Å². The molecular weight excluding hydrogens is 448 g/mol. The van der Waals surface area contributed by atoms with Gasteiger partial charge in [0, 0.05) is 34.9 Å². The number of nitrogens with zero attached hydrogens (tertiary/aromatic N) is 5. The number of nitrogens with one attached hydrogen (secondary N) is 1. The normalized spacial score (nSPS) is 11.2. The van der Waals surface area contributed by atoms with E-state index in [4.69, 9.17) is 16.6 Å². The zero-order valence-corrected chi connectivity index (χ0v) is 19.8. The Bertz CT molecular complexity index is 1530. The lowest BCUT2D eigenvalue weighted by Gasteiger charge is -2.10. The van der Waals surface area contributed by atoms with Crippen molar-refractivity contribution in [2.75, 3.05) is 5.32 Å².